The number of likely N-dealkylation sites (tertiary alicyclic amines) is 1. The van der Waals surface area contributed by atoms with Crippen molar-refractivity contribution >= 4 is 11.6 Å². The highest BCUT2D eigenvalue weighted by Gasteiger charge is 2.24. The minimum atomic E-state index is -4.51. The van der Waals surface area contributed by atoms with Gasteiger partial charge in [0.1, 0.15) is 0 Å². The van der Waals surface area contributed by atoms with Gasteiger partial charge in [-0.1, -0.05) is 16.3 Å². The summed E-state index contributed by atoms with van der Waals surface area (Å²) in [6.07, 6.45) is 3.50. The number of hydrogen-bond donors (Lipinski definition) is 0. The molecule has 0 radical (unpaired) electrons. The molecule has 0 saturated carbocycles. The normalized spacial score (nSPS) is 17.6. The molecule has 1 aliphatic heterocycles. The summed E-state index contributed by atoms with van der Waals surface area (Å²) in [5, 5.41) is 0.332. The van der Waals surface area contributed by atoms with Crippen molar-refractivity contribution in [2.75, 3.05) is 13.1 Å². The Kier molecular flexibility index (Phi) is 3.82. The van der Waals surface area contributed by atoms with Crippen molar-refractivity contribution in [1.29, 1.82) is 0 Å². The third-order valence-corrected chi connectivity index (χ3v) is 3.10. The zero-order valence-electron chi connectivity index (χ0n) is 8.97. The molecule has 0 atom stereocenters. The molecule has 6 nitrogen and oxygen atoms in total. The van der Waals surface area contributed by atoms with E-state index in [1.54, 1.807) is 6.07 Å². The molecule has 1 fully saturated rings. The molecule has 2 rings (SSSR count). The van der Waals surface area contributed by atoms with E-state index in [1.807, 2.05) is 0 Å². The van der Waals surface area contributed by atoms with Crippen molar-refractivity contribution in [2.45, 2.75) is 19.4 Å². The Labute approximate surface area is 106 Å². The zero-order chi connectivity index (χ0) is 12.5. The van der Waals surface area contributed by atoms with Crippen LogP contribution in [0.25, 0.3) is 0 Å². The van der Waals surface area contributed by atoms with E-state index in [2.05, 4.69) is 9.29 Å². The van der Waals surface area contributed by atoms with Gasteiger partial charge in [0.05, 0.1) is 16.9 Å². The SMILES string of the molecule is [O-][Cl+3]([O-])([O-])On1cc(Cl)cc1CN1CCCC1. The van der Waals surface area contributed by atoms with E-state index in [1.165, 1.54) is 6.20 Å². The van der Waals surface area contributed by atoms with Crippen molar-refractivity contribution in [3.05, 3.63) is 23.0 Å². The van der Waals surface area contributed by atoms with Gasteiger partial charge in [0.2, 0.25) is 0 Å². The lowest BCUT2D eigenvalue weighted by molar-refractivity contribution is -1.92. The van der Waals surface area contributed by atoms with Crippen LogP contribution in [0.2, 0.25) is 5.02 Å². The van der Waals surface area contributed by atoms with Gasteiger partial charge in [-0.25, -0.2) is 0 Å². The van der Waals surface area contributed by atoms with Gasteiger partial charge in [-0.05, 0) is 32.0 Å². The number of aromatic nitrogens is 1. The molecule has 8 heteroatoms. The molecule has 0 spiro atoms. The van der Waals surface area contributed by atoms with Gasteiger partial charge in [-0.3, -0.25) is 4.90 Å². The van der Waals surface area contributed by atoms with Crippen LogP contribution in [0.15, 0.2) is 12.3 Å². The fraction of sp³-hybridized carbons (Fsp3) is 0.556. The predicted octanol–water partition coefficient (Wildman–Crippen LogP) is -1.94. The van der Waals surface area contributed by atoms with Crippen LogP contribution in [0.5, 0.6) is 0 Å². The van der Waals surface area contributed by atoms with E-state index in [-0.39, 0.29) is 0 Å². The largest absolute Gasteiger partial charge is 0.297 e. The van der Waals surface area contributed by atoms with Crippen LogP contribution in [0.4, 0.5) is 0 Å². The van der Waals surface area contributed by atoms with E-state index in [0.717, 1.165) is 30.7 Å². The molecule has 1 aliphatic rings. The summed E-state index contributed by atoms with van der Waals surface area (Å²) in [4.78, 5) is 2.14. The average Bonchev–Trinajstić information content (AvgIpc) is 2.75. The van der Waals surface area contributed by atoms with Crippen molar-refractivity contribution in [1.82, 2.24) is 9.63 Å². The summed E-state index contributed by atoms with van der Waals surface area (Å²) >= 11 is 5.76. The Bertz CT molecular complexity index is 385. The van der Waals surface area contributed by atoms with E-state index in [4.69, 9.17) is 11.6 Å². The molecular weight excluding hydrogens is 271 g/mol. The summed E-state index contributed by atoms with van der Waals surface area (Å²) < 4.78 is 36.7. The fourth-order valence-corrected chi connectivity index (χ4v) is 2.42. The lowest BCUT2D eigenvalue weighted by Crippen LogP contribution is -2.65. The second kappa shape index (κ2) is 5.01. The molecule has 1 aromatic heterocycles. The van der Waals surface area contributed by atoms with Gasteiger partial charge in [0.25, 0.3) is 0 Å². The Morgan fingerprint density at radius 2 is 1.94 bits per heavy atom. The summed E-state index contributed by atoms with van der Waals surface area (Å²) in [7, 11) is -4.51. The van der Waals surface area contributed by atoms with Crippen molar-refractivity contribution in [2.24, 2.45) is 0 Å². The molecule has 2 heterocycles. The molecular formula is C9H12Cl2N2O4. The van der Waals surface area contributed by atoms with Crippen LogP contribution in [-0.2, 0) is 6.54 Å². The van der Waals surface area contributed by atoms with Crippen LogP contribution < -0.4 is 18.4 Å². The van der Waals surface area contributed by atoms with Gasteiger partial charge < -0.3 is 0 Å². The minimum Gasteiger partial charge on any atom is -0.297 e. The summed E-state index contributed by atoms with van der Waals surface area (Å²) in [6, 6.07) is 1.58. The monoisotopic (exact) mass is 282 g/mol. The van der Waals surface area contributed by atoms with Gasteiger partial charge in [0.15, 0.2) is 10.2 Å². The lowest BCUT2D eigenvalue weighted by atomic mass is 10.4. The molecule has 0 unspecified atom stereocenters. The lowest BCUT2D eigenvalue weighted by Gasteiger charge is -2.16. The van der Waals surface area contributed by atoms with Gasteiger partial charge >= 0.3 is 0 Å². The quantitative estimate of drug-likeness (QED) is 0.642. The van der Waals surface area contributed by atoms with Gasteiger partial charge in [-0.2, -0.15) is 14.0 Å². The minimum absolute atomic E-state index is 0.332. The molecule has 96 valence electrons. The average molecular weight is 283 g/mol. The number of hydrogen-bond acceptors (Lipinski definition) is 5. The first-order valence-corrected chi connectivity index (χ1v) is 6.75. The molecule has 0 N–H and O–H groups in total. The molecule has 0 amide bonds. The number of nitrogens with zero attached hydrogens (tertiary/aromatic N) is 2. The maximum atomic E-state index is 10.5. The van der Waals surface area contributed by atoms with Crippen molar-refractivity contribution in [3.8, 4) is 0 Å². The highest BCUT2D eigenvalue weighted by Crippen LogP contribution is 2.18. The third-order valence-electron chi connectivity index (χ3n) is 2.57. The highest BCUT2D eigenvalue weighted by atomic mass is 35.7. The van der Waals surface area contributed by atoms with Gasteiger partial charge in [-0.15, -0.1) is 0 Å². The Morgan fingerprint density at radius 1 is 1.29 bits per heavy atom. The van der Waals surface area contributed by atoms with Crippen LogP contribution in [0, 0.1) is 10.2 Å². The third kappa shape index (κ3) is 3.74. The molecule has 1 saturated heterocycles. The van der Waals surface area contributed by atoms with Gasteiger partial charge in [0, 0.05) is 10.9 Å². The zero-order valence-corrected chi connectivity index (χ0v) is 10.5. The molecule has 0 aromatic carbocycles. The predicted molar refractivity (Wildman–Crippen MR) is 50.5 cm³/mol. The highest BCUT2D eigenvalue weighted by molar-refractivity contribution is 6.30. The first kappa shape index (κ1) is 12.9. The molecule has 1 aromatic rings. The van der Waals surface area contributed by atoms with Crippen molar-refractivity contribution in [3.63, 3.8) is 0 Å². The van der Waals surface area contributed by atoms with Crippen LogP contribution >= 0.6 is 11.6 Å². The first-order chi connectivity index (χ1) is 7.94. The summed E-state index contributed by atoms with van der Waals surface area (Å²) in [6.45, 7) is 2.41. The first-order valence-electron chi connectivity index (χ1n) is 5.14. The maximum Gasteiger partial charge on any atom is 0.171 e. The van der Waals surface area contributed by atoms with Crippen LogP contribution in [0.3, 0.4) is 0 Å². The summed E-state index contributed by atoms with van der Waals surface area (Å²) in [5.74, 6) is 0. The maximum absolute atomic E-state index is 10.5. The van der Waals surface area contributed by atoms with E-state index in [0.29, 0.717) is 17.3 Å². The van der Waals surface area contributed by atoms with E-state index in [9.17, 15) is 14.0 Å². The Balaban J connectivity index is 2.09. The number of rotatable bonds is 4. The van der Waals surface area contributed by atoms with E-state index >= 15 is 0 Å². The van der Waals surface area contributed by atoms with Crippen LogP contribution in [-0.4, -0.2) is 22.7 Å². The summed E-state index contributed by atoms with van der Waals surface area (Å²) in [5.41, 5.74) is 0.545. The second-order valence-corrected chi connectivity index (χ2v) is 5.24. The molecule has 0 aliphatic carbocycles. The molecule has 17 heavy (non-hydrogen) atoms. The Hall–Kier alpha value is -0.500. The Morgan fingerprint density at radius 3 is 2.53 bits per heavy atom. The molecule has 0 bridgehead atoms. The van der Waals surface area contributed by atoms with Crippen molar-refractivity contribution < 1.29 is 28.6 Å². The van der Waals surface area contributed by atoms with E-state index < -0.39 is 10.2 Å². The smallest absolute Gasteiger partial charge is 0.171 e. The topological polar surface area (TPSA) is 86.6 Å². The fourth-order valence-electron chi connectivity index (χ4n) is 1.90. The second-order valence-electron chi connectivity index (χ2n) is 3.91. The number of halogens is 2. The standard InChI is InChI=1S/C9H12Cl2N2O4/c10-8-5-9(7-12-3-1-2-4-12)13(6-8)17-11(14,15)16/h5-6H,1-4,7H2. The van der Waals surface area contributed by atoms with Crippen LogP contribution in [0.1, 0.15) is 18.5 Å².